The zero-order valence-corrected chi connectivity index (χ0v) is 12.6. The fourth-order valence-electron chi connectivity index (χ4n) is 2.80. The van der Waals surface area contributed by atoms with E-state index >= 15 is 0 Å². The van der Waals surface area contributed by atoms with Gasteiger partial charge in [0.15, 0.2) is 0 Å². The van der Waals surface area contributed by atoms with Gasteiger partial charge in [-0.25, -0.2) is 0 Å². The number of hydrogen-bond acceptors (Lipinski definition) is 3. The number of rotatable bonds is 2. The van der Waals surface area contributed by atoms with Crippen molar-refractivity contribution in [3.8, 4) is 0 Å². The number of carbonyl (C=O) groups excluding carboxylic acids is 2. The summed E-state index contributed by atoms with van der Waals surface area (Å²) in [4.78, 5) is 25.3. The Morgan fingerprint density at radius 3 is 1.95 bits per heavy atom. The number of benzene rings is 1. The molecular weight excluding hydrogens is 252 g/mol. The second kappa shape index (κ2) is 7.20. The summed E-state index contributed by atoms with van der Waals surface area (Å²) >= 11 is 0. The molecule has 2 rings (SSSR count). The molecule has 1 saturated heterocycles. The van der Waals surface area contributed by atoms with Crippen molar-refractivity contribution in [2.75, 3.05) is 20.1 Å². The summed E-state index contributed by atoms with van der Waals surface area (Å²) < 4.78 is 0. The number of amides is 1. The summed E-state index contributed by atoms with van der Waals surface area (Å²) in [6.07, 6.45) is 1.46. The van der Waals surface area contributed by atoms with Gasteiger partial charge in [-0.15, -0.1) is 0 Å². The molecule has 1 aliphatic rings. The molecule has 0 aliphatic carbocycles. The van der Waals surface area contributed by atoms with E-state index in [0.717, 1.165) is 18.4 Å². The monoisotopic (exact) mass is 276 g/mol. The maximum absolute atomic E-state index is 12.1. The molecule has 0 saturated carbocycles. The van der Waals surface area contributed by atoms with Crippen LogP contribution in [0.5, 0.6) is 0 Å². The molecule has 0 bridgehead atoms. The Kier molecular flexibility index (Phi) is 5.89. The van der Waals surface area contributed by atoms with E-state index in [4.69, 9.17) is 0 Å². The third-order valence-electron chi connectivity index (χ3n) is 4.06. The van der Waals surface area contributed by atoms with E-state index in [2.05, 4.69) is 5.73 Å². The van der Waals surface area contributed by atoms with Crippen molar-refractivity contribution in [2.24, 2.45) is 5.73 Å². The van der Waals surface area contributed by atoms with E-state index in [1.807, 2.05) is 35.2 Å². The van der Waals surface area contributed by atoms with Crippen molar-refractivity contribution in [1.29, 1.82) is 0 Å². The van der Waals surface area contributed by atoms with Gasteiger partial charge < -0.3 is 10.6 Å². The first-order chi connectivity index (χ1) is 9.56. The van der Waals surface area contributed by atoms with Crippen molar-refractivity contribution < 1.29 is 9.59 Å². The Bertz CT molecular complexity index is 449. The maximum atomic E-state index is 12.1. The SMILES string of the molecule is CC(=O)N1CCC(C(C)=O)(c2ccccc2)CC1.CN. The minimum atomic E-state index is -0.396. The number of nitrogens with zero attached hydrogens (tertiary/aromatic N) is 1. The van der Waals surface area contributed by atoms with Gasteiger partial charge in [-0.3, -0.25) is 9.59 Å². The van der Waals surface area contributed by atoms with E-state index in [1.165, 1.54) is 7.05 Å². The third kappa shape index (κ3) is 3.25. The van der Waals surface area contributed by atoms with Crippen molar-refractivity contribution in [1.82, 2.24) is 4.90 Å². The molecule has 1 fully saturated rings. The van der Waals surface area contributed by atoms with Crippen LogP contribution in [0.1, 0.15) is 32.3 Å². The molecule has 1 aromatic carbocycles. The highest BCUT2D eigenvalue weighted by Gasteiger charge is 2.40. The number of Topliss-reactive ketones (excluding diaryl/α,β-unsaturated/α-hetero) is 1. The number of hydrogen-bond donors (Lipinski definition) is 1. The first-order valence-corrected chi connectivity index (χ1v) is 6.96. The van der Waals surface area contributed by atoms with Crippen molar-refractivity contribution in [3.63, 3.8) is 0 Å². The summed E-state index contributed by atoms with van der Waals surface area (Å²) in [7, 11) is 1.50. The fraction of sp³-hybridized carbons (Fsp3) is 0.500. The Hall–Kier alpha value is -1.68. The highest BCUT2D eigenvalue weighted by molar-refractivity contribution is 5.88. The predicted octanol–water partition coefficient (Wildman–Crippen LogP) is 1.73. The first kappa shape index (κ1) is 16.4. The molecule has 2 N–H and O–H groups in total. The van der Waals surface area contributed by atoms with Gasteiger partial charge in [0.2, 0.25) is 5.91 Å². The lowest BCUT2D eigenvalue weighted by atomic mass is 9.70. The van der Waals surface area contributed by atoms with Gasteiger partial charge in [0.1, 0.15) is 5.78 Å². The van der Waals surface area contributed by atoms with Crippen LogP contribution in [0.4, 0.5) is 0 Å². The second-order valence-electron chi connectivity index (χ2n) is 5.01. The Balaban J connectivity index is 0.000000956. The molecule has 4 heteroatoms. The van der Waals surface area contributed by atoms with Crippen LogP contribution in [0, 0.1) is 0 Å². The second-order valence-corrected chi connectivity index (χ2v) is 5.01. The average Bonchev–Trinajstić information content (AvgIpc) is 2.50. The molecule has 0 radical (unpaired) electrons. The summed E-state index contributed by atoms with van der Waals surface area (Å²) in [6.45, 7) is 4.59. The van der Waals surface area contributed by atoms with Gasteiger partial charge in [-0.1, -0.05) is 30.3 Å². The molecule has 110 valence electrons. The number of ketones is 1. The van der Waals surface area contributed by atoms with Crippen LogP contribution in [-0.2, 0) is 15.0 Å². The highest BCUT2D eigenvalue weighted by Crippen LogP contribution is 2.36. The van der Waals surface area contributed by atoms with Crippen LogP contribution >= 0.6 is 0 Å². The van der Waals surface area contributed by atoms with Crippen LogP contribution in [-0.4, -0.2) is 36.7 Å². The first-order valence-electron chi connectivity index (χ1n) is 6.96. The van der Waals surface area contributed by atoms with Crippen molar-refractivity contribution >= 4 is 11.7 Å². The zero-order valence-electron chi connectivity index (χ0n) is 12.6. The van der Waals surface area contributed by atoms with Crippen LogP contribution < -0.4 is 5.73 Å². The highest BCUT2D eigenvalue weighted by atomic mass is 16.2. The molecule has 4 nitrogen and oxygen atoms in total. The summed E-state index contributed by atoms with van der Waals surface area (Å²) in [5.74, 6) is 0.303. The largest absolute Gasteiger partial charge is 0.343 e. The molecule has 20 heavy (non-hydrogen) atoms. The average molecular weight is 276 g/mol. The normalized spacial score (nSPS) is 16.9. The molecule has 0 spiro atoms. The van der Waals surface area contributed by atoms with E-state index in [-0.39, 0.29) is 11.7 Å². The van der Waals surface area contributed by atoms with Crippen molar-refractivity contribution in [3.05, 3.63) is 35.9 Å². The topological polar surface area (TPSA) is 63.4 Å². The minimum absolute atomic E-state index is 0.0974. The van der Waals surface area contributed by atoms with Gasteiger partial charge in [-0.2, -0.15) is 0 Å². The van der Waals surface area contributed by atoms with Gasteiger partial charge >= 0.3 is 0 Å². The van der Waals surface area contributed by atoms with E-state index < -0.39 is 5.41 Å². The van der Waals surface area contributed by atoms with Crippen LogP contribution in [0.3, 0.4) is 0 Å². The fourth-order valence-corrected chi connectivity index (χ4v) is 2.80. The van der Waals surface area contributed by atoms with Gasteiger partial charge in [0.05, 0.1) is 5.41 Å². The standard InChI is InChI=1S/C15H19NO2.CH5N/c1-12(17)15(14-6-4-3-5-7-14)8-10-16(11-9-15)13(2)18;1-2/h3-7H,8-11H2,1-2H3;2H2,1H3. The molecule has 1 amide bonds. The maximum Gasteiger partial charge on any atom is 0.219 e. The van der Waals surface area contributed by atoms with E-state index in [1.54, 1.807) is 13.8 Å². The number of carbonyl (C=O) groups is 2. The minimum Gasteiger partial charge on any atom is -0.343 e. The summed E-state index contributed by atoms with van der Waals surface area (Å²) in [5, 5.41) is 0. The molecule has 0 atom stereocenters. The summed E-state index contributed by atoms with van der Waals surface area (Å²) in [6, 6.07) is 9.94. The van der Waals surface area contributed by atoms with Gasteiger partial charge in [-0.05, 0) is 32.4 Å². The lowest BCUT2D eigenvalue weighted by molar-refractivity contribution is -0.133. The molecule has 0 aromatic heterocycles. The Morgan fingerprint density at radius 2 is 1.55 bits per heavy atom. The van der Waals surface area contributed by atoms with Crippen molar-refractivity contribution in [2.45, 2.75) is 32.1 Å². The van der Waals surface area contributed by atoms with E-state index in [0.29, 0.717) is 13.1 Å². The molecule has 0 unspecified atom stereocenters. The molecular formula is C16H24N2O2. The van der Waals surface area contributed by atoms with Gasteiger partial charge in [0, 0.05) is 20.0 Å². The third-order valence-corrected chi connectivity index (χ3v) is 4.06. The molecule has 1 aliphatic heterocycles. The lowest BCUT2D eigenvalue weighted by Crippen LogP contribution is -2.47. The number of likely N-dealkylation sites (tertiary alicyclic amines) is 1. The lowest BCUT2D eigenvalue weighted by Gasteiger charge is -2.40. The summed E-state index contributed by atoms with van der Waals surface area (Å²) in [5.41, 5.74) is 5.19. The molecule has 1 aromatic rings. The van der Waals surface area contributed by atoms with Crippen LogP contribution in [0.25, 0.3) is 0 Å². The van der Waals surface area contributed by atoms with Gasteiger partial charge in [0.25, 0.3) is 0 Å². The van der Waals surface area contributed by atoms with Crippen LogP contribution in [0.15, 0.2) is 30.3 Å². The van der Waals surface area contributed by atoms with Crippen LogP contribution in [0.2, 0.25) is 0 Å². The quantitative estimate of drug-likeness (QED) is 0.894. The van der Waals surface area contributed by atoms with E-state index in [9.17, 15) is 9.59 Å². The molecule has 1 heterocycles. The zero-order chi connectivity index (χ0) is 15.2. The Morgan fingerprint density at radius 1 is 1.05 bits per heavy atom. The number of piperidine rings is 1. The smallest absolute Gasteiger partial charge is 0.219 e. The Labute approximate surface area is 121 Å². The predicted molar refractivity (Wildman–Crippen MR) is 80.4 cm³/mol. The number of nitrogens with two attached hydrogens (primary N) is 1.